The number of rotatable bonds is 6. The number of halogens is 2. The zero-order chi connectivity index (χ0) is 18.7. The fourth-order valence-corrected chi connectivity index (χ4v) is 4.91. The molecule has 0 saturated carbocycles. The summed E-state index contributed by atoms with van der Waals surface area (Å²) in [4.78, 5) is 16.1. The van der Waals surface area contributed by atoms with Gasteiger partial charge in [0.1, 0.15) is 0 Å². The lowest BCUT2D eigenvalue weighted by molar-refractivity contribution is -0.116. The number of carbonyl (C=O) groups is 1. The Balaban J connectivity index is 0.00000196. The molecule has 2 aliphatic rings. The molecule has 2 aliphatic heterocycles. The van der Waals surface area contributed by atoms with Gasteiger partial charge in [0.2, 0.25) is 15.9 Å². The molecule has 2 heterocycles. The van der Waals surface area contributed by atoms with Crippen LogP contribution in [0.5, 0.6) is 0 Å². The third-order valence-electron chi connectivity index (χ3n) is 5.07. The van der Waals surface area contributed by atoms with E-state index in [2.05, 4.69) is 14.9 Å². The molecule has 1 saturated heterocycles. The number of anilines is 1. The van der Waals surface area contributed by atoms with Gasteiger partial charge in [-0.15, -0.1) is 24.8 Å². The largest absolute Gasteiger partial charge is 0.314 e. The second kappa shape index (κ2) is 10.8. The number of hydrogen-bond acceptors (Lipinski definition) is 5. The molecule has 1 unspecified atom stereocenters. The van der Waals surface area contributed by atoms with Crippen LogP contribution in [0.1, 0.15) is 25.8 Å². The number of hydrogen-bond donors (Lipinski definition) is 2. The fraction of sp³-hybridized carbons (Fsp3) is 0.611. The highest BCUT2D eigenvalue weighted by Crippen LogP contribution is 2.33. The molecule has 7 nitrogen and oxygen atoms in total. The monoisotopic (exact) mass is 452 g/mol. The summed E-state index contributed by atoms with van der Waals surface area (Å²) in [5.41, 5.74) is 1.74. The molecule has 160 valence electrons. The molecule has 3 rings (SSSR count). The summed E-state index contributed by atoms with van der Waals surface area (Å²) in [6, 6.07) is 5.10. The summed E-state index contributed by atoms with van der Waals surface area (Å²) in [6.07, 6.45) is 1.47. The summed E-state index contributed by atoms with van der Waals surface area (Å²) < 4.78 is 27.8. The minimum Gasteiger partial charge on any atom is -0.314 e. The van der Waals surface area contributed by atoms with Crippen LogP contribution in [-0.2, 0) is 21.2 Å². The second-order valence-electron chi connectivity index (χ2n) is 7.08. The van der Waals surface area contributed by atoms with Crippen LogP contribution >= 0.6 is 24.8 Å². The molecule has 28 heavy (non-hydrogen) atoms. The van der Waals surface area contributed by atoms with E-state index in [9.17, 15) is 13.2 Å². The van der Waals surface area contributed by atoms with Gasteiger partial charge in [-0.1, -0.05) is 0 Å². The highest BCUT2D eigenvalue weighted by atomic mass is 35.5. The Morgan fingerprint density at radius 3 is 2.57 bits per heavy atom. The van der Waals surface area contributed by atoms with Gasteiger partial charge in [-0.2, -0.15) is 0 Å². The van der Waals surface area contributed by atoms with Gasteiger partial charge in [-0.3, -0.25) is 4.79 Å². The van der Waals surface area contributed by atoms with Crippen molar-refractivity contribution in [1.82, 2.24) is 14.9 Å². The maximum atomic E-state index is 12.6. The number of fused-ring (bicyclic) bond motifs is 1. The number of amides is 1. The van der Waals surface area contributed by atoms with E-state index in [-0.39, 0.29) is 41.7 Å². The maximum Gasteiger partial charge on any atom is 0.240 e. The molecule has 1 fully saturated rings. The standard InChI is InChI=1S/C18H28N4O3S.2ClH/c1-14-12-16-13-17(4-5-18(16)22(14)15(2)23)26(24,25)20-6-3-9-21-10-7-19-8-11-21;;/h4-5,13-14,19-20H,3,6-12H2,1-2H3;2*1H. The van der Waals surface area contributed by atoms with Crippen molar-refractivity contribution in [3.05, 3.63) is 23.8 Å². The molecule has 10 heteroatoms. The SMILES string of the molecule is CC(=O)N1c2ccc(S(=O)(=O)NCCCN3CCNCC3)cc2CC1C.Cl.Cl. The van der Waals surface area contributed by atoms with Gasteiger partial charge < -0.3 is 15.1 Å². The molecular weight excluding hydrogens is 423 g/mol. The highest BCUT2D eigenvalue weighted by Gasteiger charge is 2.30. The normalized spacial score (nSPS) is 19.5. The molecule has 1 aromatic carbocycles. The van der Waals surface area contributed by atoms with Crippen LogP contribution in [0.25, 0.3) is 0 Å². The lowest BCUT2D eigenvalue weighted by Crippen LogP contribution is -2.44. The van der Waals surface area contributed by atoms with E-state index in [1.807, 2.05) is 6.92 Å². The Labute approximate surface area is 180 Å². The van der Waals surface area contributed by atoms with E-state index in [1.54, 1.807) is 23.1 Å². The highest BCUT2D eigenvalue weighted by molar-refractivity contribution is 7.89. The van der Waals surface area contributed by atoms with Crippen molar-refractivity contribution in [3.8, 4) is 0 Å². The summed E-state index contributed by atoms with van der Waals surface area (Å²) >= 11 is 0. The zero-order valence-corrected chi connectivity index (χ0v) is 18.8. The first-order valence-corrected chi connectivity index (χ1v) is 10.7. The molecule has 0 bridgehead atoms. The van der Waals surface area contributed by atoms with Crippen molar-refractivity contribution < 1.29 is 13.2 Å². The van der Waals surface area contributed by atoms with E-state index in [1.165, 1.54) is 6.92 Å². The maximum absolute atomic E-state index is 12.6. The van der Waals surface area contributed by atoms with E-state index in [0.29, 0.717) is 13.0 Å². The second-order valence-corrected chi connectivity index (χ2v) is 8.84. The molecule has 1 aromatic rings. The van der Waals surface area contributed by atoms with Gasteiger partial charge in [-0.25, -0.2) is 13.1 Å². The van der Waals surface area contributed by atoms with E-state index < -0.39 is 10.0 Å². The summed E-state index contributed by atoms with van der Waals surface area (Å²) in [5.74, 6) is -0.0158. The molecule has 1 atom stereocenters. The molecule has 0 spiro atoms. The van der Waals surface area contributed by atoms with Crippen LogP contribution in [0, 0.1) is 0 Å². The smallest absolute Gasteiger partial charge is 0.240 e. The molecular formula is C18H30Cl2N4O3S. The summed E-state index contributed by atoms with van der Waals surface area (Å²) in [5, 5.41) is 3.31. The third kappa shape index (κ3) is 5.81. The number of sulfonamides is 1. The summed E-state index contributed by atoms with van der Waals surface area (Å²) in [6.45, 7) is 8.87. The Hall–Kier alpha value is -0.900. The van der Waals surface area contributed by atoms with E-state index in [4.69, 9.17) is 0 Å². The average Bonchev–Trinajstić information content (AvgIpc) is 2.94. The first-order chi connectivity index (χ1) is 12.4. The van der Waals surface area contributed by atoms with Gasteiger partial charge in [0.25, 0.3) is 0 Å². The number of benzene rings is 1. The predicted molar refractivity (Wildman–Crippen MR) is 116 cm³/mol. The van der Waals surface area contributed by atoms with Crippen molar-refractivity contribution in [3.63, 3.8) is 0 Å². The van der Waals surface area contributed by atoms with Gasteiger partial charge >= 0.3 is 0 Å². The molecule has 1 amide bonds. The molecule has 0 radical (unpaired) electrons. The van der Waals surface area contributed by atoms with Crippen LogP contribution in [0.3, 0.4) is 0 Å². The molecule has 0 aliphatic carbocycles. The van der Waals surface area contributed by atoms with Crippen molar-refractivity contribution >= 4 is 46.4 Å². The summed E-state index contributed by atoms with van der Waals surface area (Å²) in [7, 11) is -3.52. The lowest BCUT2D eigenvalue weighted by atomic mass is 10.1. The van der Waals surface area contributed by atoms with Crippen LogP contribution in [-0.4, -0.2) is 64.5 Å². The number of carbonyl (C=O) groups excluding carboxylic acids is 1. The van der Waals surface area contributed by atoms with E-state index in [0.717, 1.165) is 50.4 Å². The minimum absolute atomic E-state index is 0. The van der Waals surface area contributed by atoms with Crippen LogP contribution < -0.4 is 14.9 Å². The molecule has 2 N–H and O–H groups in total. The Bertz CT molecular complexity index is 770. The molecule has 0 aromatic heterocycles. The fourth-order valence-electron chi connectivity index (χ4n) is 3.78. The van der Waals surface area contributed by atoms with Crippen LogP contribution in [0.2, 0.25) is 0 Å². The van der Waals surface area contributed by atoms with Crippen molar-refractivity contribution in [1.29, 1.82) is 0 Å². The van der Waals surface area contributed by atoms with Gasteiger partial charge in [-0.05, 0) is 50.1 Å². The van der Waals surface area contributed by atoms with Gasteiger partial charge in [0.15, 0.2) is 0 Å². The Kier molecular flexibility index (Phi) is 9.66. The van der Waals surface area contributed by atoms with Crippen molar-refractivity contribution in [2.75, 3.05) is 44.2 Å². The zero-order valence-electron chi connectivity index (χ0n) is 16.3. The van der Waals surface area contributed by atoms with Gasteiger partial charge in [0.05, 0.1) is 4.90 Å². The number of piperazine rings is 1. The number of nitrogens with one attached hydrogen (secondary N) is 2. The quantitative estimate of drug-likeness (QED) is 0.637. The third-order valence-corrected chi connectivity index (χ3v) is 6.53. The average molecular weight is 453 g/mol. The van der Waals surface area contributed by atoms with Gasteiger partial charge in [0, 0.05) is 51.4 Å². The first-order valence-electron chi connectivity index (χ1n) is 9.24. The van der Waals surface area contributed by atoms with Crippen molar-refractivity contribution in [2.24, 2.45) is 0 Å². The predicted octanol–water partition coefficient (Wildman–Crippen LogP) is 1.40. The topological polar surface area (TPSA) is 81.8 Å². The lowest BCUT2D eigenvalue weighted by Gasteiger charge is -2.27. The first kappa shape index (κ1) is 25.1. The van der Waals surface area contributed by atoms with Crippen LogP contribution in [0.15, 0.2) is 23.1 Å². The number of nitrogens with zero attached hydrogens (tertiary/aromatic N) is 2. The van der Waals surface area contributed by atoms with E-state index >= 15 is 0 Å². The Morgan fingerprint density at radius 2 is 1.93 bits per heavy atom. The minimum atomic E-state index is -3.52. The van der Waals surface area contributed by atoms with Crippen LogP contribution in [0.4, 0.5) is 5.69 Å². The van der Waals surface area contributed by atoms with Crippen molar-refractivity contribution in [2.45, 2.75) is 37.6 Å². The Morgan fingerprint density at radius 1 is 1.25 bits per heavy atom.